The zero-order valence-corrected chi connectivity index (χ0v) is 16.3. The minimum Gasteiger partial charge on any atom is -0.497 e. The number of hydrogen-bond acceptors (Lipinski definition) is 3. The van der Waals surface area contributed by atoms with Gasteiger partial charge < -0.3 is 14.8 Å². The normalized spacial score (nSPS) is 13.0. The molecule has 0 aliphatic carbocycles. The van der Waals surface area contributed by atoms with E-state index >= 15 is 0 Å². The molecule has 0 saturated carbocycles. The molecule has 0 saturated heterocycles. The first kappa shape index (κ1) is 19.8. The Kier molecular flexibility index (Phi) is 7.07. The molecule has 0 aromatic heterocycles. The summed E-state index contributed by atoms with van der Waals surface area (Å²) >= 11 is 0. The summed E-state index contributed by atoms with van der Waals surface area (Å²) in [5.74, 6) is 1.33. The van der Waals surface area contributed by atoms with Gasteiger partial charge in [0.2, 0.25) is 0 Å². The van der Waals surface area contributed by atoms with Gasteiger partial charge in [-0.2, -0.15) is 0 Å². The minimum atomic E-state index is -0.525. The van der Waals surface area contributed by atoms with Gasteiger partial charge in [0.15, 0.2) is 6.10 Å². The van der Waals surface area contributed by atoms with Crippen LogP contribution in [-0.4, -0.2) is 19.1 Å². The Labute approximate surface area is 156 Å². The van der Waals surface area contributed by atoms with Crippen LogP contribution in [0.5, 0.6) is 11.5 Å². The lowest BCUT2D eigenvalue weighted by Crippen LogP contribution is -2.40. The number of amides is 1. The van der Waals surface area contributed by atoms with Crippen molar-refractivity contribution in [1.29, 1.82) is 0 Å². The van der Waals surface area contributed by atoms with Crippen LogP contribution >= 0.6 is 0 Å². The Morgan fingerprint density at radius 3 is 2.19 bits per heavy atom. The van der Waals surface area contributed by atoms with E-state index < -0.39 is 6.10 Å². The summed E-state index contributed by atoms with van der Waals surface area (Å²) in [6.45, 7) is 8.19. The largest absolute Gasteiger partial charge is 0.497 e. The highest BCUT2D eigenvalue weighted by Gasteiger charge is 2.22. The van der Waals surface area contributed by atoms with Crippen molar-refractivity contribution in [1.82, 2.24) is 5.32 Å². The summed E-state index contributed by atoms with van der Waals surface area (Å²) in [7, 11) is 1.62. The summed E-state index contributed by atoms with van der Waals surface area (Å²) in [5.41, 5.74) is 3.58. The van der Waals surface area contributed by atoms with Crippen molar-refractivity contribution < 1.29 is 14.3 Å². The quantitative estimate of drug-likeness (QED) is 0.744. The van der Waals surface area contributed by atoms with E-state index in [1.54, 1.807) is 7.11 Å². The van der Waals surface area contributed by atoms with Gasteiger partial charge in [-0.15, -0.1) is 0 Å². The van der Waals surface area contributed by atoms with Crippen LogP contribution in [0, 0.1) is 13.8 Å². The van der Waals surface area contributed by atoms with Gasteiger partial charge in [0, 0.05) is 0 Å². The highest BCUT2D eigenvalue weighted by Crippen LogP contribution is 2.23. The van der Waals surface area contributed by atoms with E-state index in [2.05, 4.69) is 44.3 Å². The molecule has 2 aromatic rings. The Morgan fingerprint density at radius 2 is 1.65 bits per heavy atom. The monoisotopic (exact) mass is 355 g/mol. The minimum absolute atomic E-state index is 0.0170. The second kappa shape index (κ2) is 9.27. The van der Waals surface area contributed by atoms with Gasteiger partial charge in [-0.25, -0.2) is 0 Å². The second-order valence-electron chi connectivity index (χ2n) is 6.52. The molecular formula is C22H29NO3. The first-order valence-electron chi connectivity index (χ1n) is 9.16. The van der Waals surface area contributed by atoms with Gasteiger partial charge in [-0.1, -0.05) is 37.6 Å². The molecule has 2 atom stereocenters. The highest BCUT2D eigenvalue weighted by molar-refractivity contribution is 5.81. The average molecular weight is 355 g/mol. The molecule has 140 valence electrons. The summed E-state index contributed by atoms with van der Waals surface area (Å²) in [6, 6.07) is 13.6. The third kappa shape index (κ3) is 5.01. The molecule has 1 N–H and O–H groups in total. The molecule has 0 heterocycles. The maximum absolute atomic E-state index is 12.8. The van der Waals surface area contributed by atoms with Gasteiger partial charge >= 0.3 is 0 Å². The van der Waals surface area contributed by atoms with E-state index in [-0.39, 0.29) is 11.9 Å². The smallest absolute Gasteiger partial charge is 0.261 e. The number of carbonyl (C=O) groups is 1. The van der Waals surface area contributed by atoms with E-state index in [0.717, 1.165) is 17.7 Å². The fourth-order valence-electron chi connectivity index (χ4n) is 3.02. The van der Waals surface area contributed by atoms with Crippen molar-refractivity contribution in [2.75, 3.05) is 7.11 Å². The van der Waals surface area contributed by atoms with Gasteiger partial charge in [0.05, 0.1) is 13.2 Å². The zero-order valence-electron chi connectivity index (χ0n) is 16.3. The van der Waals surface area contributed by atoms with E-state index in [0.29, 0.717) is 12.2 Å². The van der Waals surface area contributed by atoms with Gasteiger partial charge in [-0.3, -0.25) is 4.79 Å². The predicted molar refractivity (Wildman–Crippen MR) is 105 cm³/mol. The Bertz CT molecular complexity index is 725. The van der Waals surface area contributed by atoms with Crippen LogP contribution in [0.1, 0.15) is 49.4 Å². The summed E-state index contributed by atoms with van der Waals surface area (Å²) in [6.07, 6.45) is 0.902. The number of ether oxygens (including phenoxy) is 2. The lowest BCUT2D eigenvalue weighted by molar-refractivity contribution is -0.128. The van der Waals surface area contributed by atoms with Crippen molar-refractivity contribution in [3.05, 3.63) is 59.2 Å². The average Bonchev–Trinajstić information content (AvgIpc) is 2.65. The lowest BCUT2D eigenvalue weighted by atomic mass is 9.97. The fraction of sp³-hybridized carbons (Fsp3) is 0.409. The third-order valence-electron chi connectivity index (χ3n) is 4.53. The van der Waals surface area contributed by atoms with Crippen molar-refractivity contribution in [3.8, 4) is 11.5 Å². The molecular weight excluding hydrogens is 326 g/mol. The molecule has 0 spiro atoms. The van der Waals surface area contributed by atoms with Crippen molar-refractivity contribution in [2.24, 2.45) is 0 Å². The SMILES string of the molecule is CCC(Oc1ccc(OC)cc1)C(=O)NC(CC)c1ccc(C)cc1C. The lowest BCUT2D eigenvalue weighted by Gasteiger charge is -2.23. The van der Waals surface area contributed by atoms with Crippen LogP contribution in [0.15, 0.2) is 42.5 Å². The first-order valence-corrected chi connectivity index (χ1v) is 9.16. The van der Waals surface area contributed by atoms with Crippen molar-refractivity contribution >= 4 is 5.91 Å². The first-order chi connectivity index (χ1) is 12.5. The standard InChI is InChI=1S/C22H29NO3/c1-6-20(19-13-8-15(3)14-16(19)4)23-22(24)21(7-2)26-18-11-9-17(25-5)10-12-18/h8-14,20-21H,6-7H2,1-5H3,(H,23,24). The fourth-order valence-corrected chi connectivity index (χ4v) is 3.02. The molecule has 1 amide bonds. The van der Waals surface area contributed by atoms with Gasteiger partial charge in [-0.05, 0) is 62.1 Å². The molecule has 4 heteroatoms. The van der Waals surface area contributed by atoms with Crippen molar-refractivity contribution in [2.45, 2.75) is 52.7 Å². The zero-order chi connectivity index (χ0) is 19.1. The third-order valence-corrected chi connectivity index (χ3v) is 4.53. The van der Waals surface area contributed by atoms with Crippen LogP contribution in [0.2, 0.25) is 0 Å². The summed E-state index contributed by atoms with van der Waals surface area (Å²) < 4.78 is 11.0. The van der Waals surface area contributed by atoms with Gasteiger partial charge in [0.25, 0.3) is 5.91 Å². The number of methoxy groups -OCH3 is 1. The maximum Gasteiger partial charge on any atom is 0.261 e. The van der Waals surface area contributed by atoms with E-state index in [1.165, 1.54) is 11.1 Å². The van der Waals surface area contributed by atoms with Crippen LogP contribution in [0.3, 0.4) is 0 Å². The molecule has 0 aliphatic rings. The number of hydrogen-bond donors (Lipinski definition) is 1. The molecule has 2 aromatic carbocycles. The highest BCUT2D eigenvalue weighted by atomic mass is 16.5. The van der Waals surface area contributed by atoms with Gasteiger partial charge in [0.1, 0.15) is 11.5 Å². The van der Waals surface area contributed by atoms with Crippen LogP contribution in [-0.2, 0) is 4.79 Å². The van der Waals surface area contributed by atoms with Crippen molar-refractivity contribution in [3.63, 3.8) is 0 Å². The Balaban J connectivity index is 2.08. The summed E-state index contributed by atoms with van der Waals surface area (Å²) in [4.78, 5) is 12.8. The molecule has 0 radical (unpaired) electrons. The summed E-state index contributed by atoms with van der Waals surface area (Å²) in [5, 5.41) is 3.15. The van der Waals surface area contributed by atoms with Crippen LogP contribution < -0.4 is 14.8 Å². The number of nitrogens with one attached hydrogen (secondary N) is 1. The van der Waals surface area contributed by atoms with E-state index in [1.807, 2.05) is 31.2 Å². The molecule has 26 heavy (non-hydrogen) atoms. The van der Waals surface area contributed by atoms with Crippen LogP contribution in [0.4, 0.5) is 0 Å². The number of aryl methyl sites for hydroxylation is 2. The second-order valence-corrected chi connectivity index (χ2v) is 6.52. The molecule has 0 aliphatic heterocycles. The molecule has 4 nitrogen and oxygen atoms in total. The van der Waals surface area contributed by atoms with Crippen LogP contribution in [0.25, 0.3) is 0 Å². The Morgan fingerprint density at radius 1 is 1.00 bits per heavy atom. The molecule has 0 bridgehead atoms. The number of carbonyl (C=O) groups excluding carboxylic acids is 1. The Hall–Kier alpha value is -2.49. The molecule has 0 fully saturated rings. The maximum atomic E-state index is 12.8. The van der Waals surface area contributed by atoms with E-state index in [9.17, 15) is 4.79 Å². The molecule has 2 rings (SSSR count). The molecule has 2 unspecified atom stereocenters. The number of rotatable bonds is 8. The predicted octanol–water partition coefficient (Wildman–Crippen LogP) is 4.74. The van der Waals surface area contributed by atoms with E-state index in [4.69, 9.17) is 9.47 Å². The topological polar surface area (TPSA) is 47.6 Å². The number of benzene rings is 2.